The van der Waals surface area contributed by atoms with Crippen molar-refractivity contribution in [3.8, 4) is 0 Å². The van der Waals surface area contributed by atoms with E-state index < -0.39 is 0 Å². The first-order valence-corrected chi connectivity index (χ1v) is 5.76. The lowest BCUT2D eigenvalue weighted by Gasteiger charge is -2.01. The topological polar surface area (TPSA) is 67.0 Å². The van der Waals surface area contributed by atoms with E-state index in [1.807, 2.05) is 6.92 Å². The molecule has 0 saturated heterocycles. The number of hydrogen-bond donors (Lipinski definition) is 2. The van der Waals surface area contributed by atoms with E-state index in [2.05, 4.69) is 15.5 Å². The van der Waals surface area contributed by atoms with Crippen LogP contribution in [0.5, 0.6) is 0 Å². The maximum absolute atomic E-state index is 11.4. The summed E-state index contributed by atoms with van der Waals surface area (Å²) in [6.07, 6.45) is 0. The maximum atomic E-state index is 11.4. The van der Waals surface area contributed by atoms with E-state index in [0.29, 0.717) is 18.2 Å². The molecule has 1 aromatic rings. The number of anilines is 1. The molecule has 2 N–H and O–H groups in total. The lowest BCUT2D eigenvalue weighted by molar-refractivity contribution is -0.113. The number of ether oxygens (including phenoxy) is 1. The smallest absolute Gasteiger partial charge is 0.235 e. The van der Waals surface area contributed by atoms with Gasteiger partial charge >= 0.3 is 0 Å². The Morgan fingerprint density at radius 2 is 2.53 bits per heavy atom. The summed E-state index contributed by atoms with van der Waals surface area (Å²) in [5, 5.41) is 9.36. The second-order valence-corrected chi connectivity index (χ2v) is 4.13. The SMILES string of the molecule is COCCSCC(=O)Nc1cc(C)[nH]n1. The van der Waals surface area contributed by atoms with Gasteiger partial charge in [0, 0.05) is 24.6 Å². The van der Waals surface area contributed by atoms with Crippen LogP contribution in [0.25, 0.3) is 0 Å². The summed E-state index contributed by atoms with van der Waals surface area (Å²) in [4.78, 5) is 11.4. The van der Waals surface area contributed by atoms with E-state index in [4.69, 9.17) is 4.74 Å². The van der Waals surface area contributed by atoms with Gasteiger partial charge in [0.05, 0.1) is 12.4 Å². The molecule has 1 aromatic heterocycles. The Morgan fingerprint density at radius 3 is 3.13 bits per heavy atom. The first-order chi connectivity index (χ1) is 7.22. The third-order valence-corrected chi connectivity index (χ3v) is 2.56. The molecule has 84 valence electrons. The van der Waals surface area contributed by atoms with E-state index in [9.17, 15) is 4.79 Å². The highest BCUT2D eigenvalue weighted by Gasteiger charge is 2.04. The van der Waals surface area contributed by atoms with Crippen LogP contribution in [-0.4, -0.2) is 41.3 Å². The second kappa shape index (κ2) is 6.47. The van der Waals surface area contributed by atoms with Crippen LogP contribution in [0.1, 0.15) is 5.69 Å². The molecule has 0 atom stereocenters. The average molecular weight is 229 g/mol. The minimum atomic E-state index is -0.0393. The number of nitrogens with one attached hydrogen (secondary N) is 2. The number of carbonyl (C=O) groups is 1. The third kappa shape index (κ3) is 4.85. The van der Waals surface area contributed by atoms with E-state index >= 15 is 0 Å². The van der Waals surface area contributed by atoms with E-state index in [0.717, 1.165) is 11.4 Å². The van der Waals surface area contributed by atoms with Crippen molar-refractivity contribution in [1.82, 2.24) is 10.2 Å². The van der Waals surface area contributed by atoms with Crippen LogP contribution in [0.4, 0.5) is 5.82 Å². The molecule has 0 spiro atoms. The third-order valence-electron chi connectivity index (χ3n) is 1.64. The Bertz CT molecular complexity index is 314. The Morgan fingerprint density at radius 1 is 1.73 bits per heavy atom. The molecule has 5 nitrogen and oxygen atoms in total. The van der Waals surface area contributed by atoms with Gasteiger partial charge in [-0.3, -0.25) is 9.89 Å². The van der Waals surface area contributed by atoms with Gasteiger partial charge in [-0.05, 0) is 6.92 Å². The molecule has 0 fully saturated rings. The lowest BCUT2D eigenvalue weighted by Crippen LogP contribution is -2.15. The summed E-state index contributed by atoms with van der Waals surface area (Å²) in [6, 6.07) is 1.79. The van der Waals surface area contributed by atoms with Gasteiger partial charge in [0.1, 0.15) is 0 Å². The van der Waals surface area contributed by atoms with Gasteiger partial charge in [-0.1, -0.05) is 0 Å². The number of aromatic amines is 1. The quantitative estimate of drug-likeness (QED) is 0.715. The number of amides is 1. The normalized spacial score (nSPS) is 10.3. The van der Waals surface area contributed by atoms with Gasteiger partial charge in [-0.15, -0.1) is 11.8 Å². The van der Waals surface area contributed by atoms with E-state index in [-0.39, 0.29) is 5.91 Å². The second-order valence-electron chi connectivity index (χ2n) is 3.03. The zero-order valence-corrected chi connectivity index (χ0v) is 9.69. The summed E-state index contributed by atoms with van der Waals surface area (Å²) in [5.74, 6) is 1.78. The predicted octanol–water partition coefficient (Wildman–Crippen LogP) is 1.04. The lowest BCUT2D eigenvalue weighted by atomic mass is 10.5. The number of hydrogen-bond acceptors (Lipinski definition) is 4. The van der Waals surface area contributed by atoms with Crippen molar-refractivity contribution in [1.29, 1.82) is 0 Å². The number of carbonyl (C=O) groups excluding carboxylic acids is 1. The molecule has 1 rings (SSSR count). The van der Waals surface area contributed by atoms with Crippen LogP contribution < -0.4 is 5.32 Å². The van der Waals surface area contributed by atoms with Gasteiger partial charge < -0.3 is 10.1 Å². The number of nitrogens with zero attached hydrogens (tertiary/aromatic N) is 1. The summed E-state index contributed by atoms with van der Waals surface area (Å²) in [7, 11) is 1.65. The highest BCUT2D eigenvalue weighted by atomic mass is 32.2. The molecule has 0 aliphatic rings. The first kappa shape index (κ1) is 12.1. The number of aromatic nitrogens is 2. The highest BCUT2D eigenvalue weighted by molar-refractivity contribution is 7.99. The number of thioether (sulfide) groups is 1. The molecule has 15 heavy (non-hydrogen) atoms. The van der Waals surface area contributed by atoms with Crippen molar-refractivity contribution in [3.05, 3.63) is 11.8 Å². The fourth-order valence-electron chi connectivity index (χ4n) is 0.968. The van der Waals surface area contributed by atoms with Crippen LogP contribution in [0.15, 0.2) is 6.07 Å². The van der Waals surface area contributed by atoms with Crippen molar-refractivity contribution < 1.29 is 9.53 Å². The van der Waals surface area contributed by atoms with Crippen molar-refractivity contribution in [2.75, 3.05) is 30.5 Å². The molecule has 0 saturated carbocycles. The fourth-order valence-corrected chi connectivity index (χ4v) is 1.65. The number of aryl methyl sites for hydroxylation is 1. The van der Waals surface area contributed by atoms with Crippen LogP contribution in [-0.2, 0) is 9.53 Å². The summed E-state index contributed by atoms with van der Waals surface area (Å²) in [5.41, 5.74) is 0.928. The van der Waals surface area contributed by atoms with Gasteiger partial charge in [-0.25, -0.2) is 0 Å². The zero-order valence-electron chi connectivity index (χ0n) is 8.87. The summed E-state index contributed by atoms with van der Waals surface area (Å²) in [6.45, 7) is 2.55. The van der Waals surface area contributed by atoms with Crippen LogP contribution >= 0.6 is 11.8 Å². The summed E-state index contributed by atoms with van der Waals surface area (Å²) >= 11 is 1.54. The number of rotatable bonds is 6. The molecule has 6 heteroatoms. The minimum absolute atomic E-state index is 0.0393. The molecule has 0 radical (unpaired) electrons. The van der Waals surface area contributed by atoms with Gasteiger partial charge in [-0.2, -0.15) is 5.10 Å². The minimum Gasteiger partial charge on any atom is -0.384 e. The fraction of sp³-hybridized carbons (Fsp3) is 0.556. The van der Waals surface area contributed by atoms with Gasteiger partial charge in [0.2, 0.25) is 5.91 Å². The highest BCUT2D eigenvalue weighted by Crippen LogP contribution is 2.05. The molecule has 0 unspecified atom stereocenters. The van der Waals surface area contributed by atoms with Crippen LogP contribution in [0.3, 0.4) is 0 Å². The van der Waals surface area contributed by atoms with Crippen molar-refractivity contribution in [2.24, 2.45) is 0 Å². The Hall–Kier alpha value is -1.01. The van der Waals surface area contributed by atoms with E-state index in [1.54, 1.807) is 13.2 Å². The van der Waals surface area contributed by atoms with E-state index in [1.165, 1.54) is 11.8 Å². The van der Waals surface area contributed by atoms with Gasteiger partial charge in [0.25, 0.3) is 0 Å². The Labute approximate surface area is 93.0 Å². The monoisotopic (exact) mass is 229 g/mol. The molecular weight excluding hydrogens is 214 g/mol. The molecule has 0 aliphatic heterocycles. The maximum Gasteiger partial charge on any atom is 0.235 e. The largest absolute Gasteiger partial charge is 0.384 e. The standard InChI is InChI=1S/C9H15N3O2S/c1-7-5-8(12-11-7)10-9(13)6-15-4-3-14-2/h5H,3-4,6H2,1-2H3,(H2,10,11,12,13). The zero-order chi connectivity index (χ0) is 11.1. The van der Waals surface area contributed by atoms with Crippen LogP contribution in [0.2, 0.25) is 0 Å². The molecule has 0 bridgehead atoms. The number of methoxy groups -OCH3 is 1. The molecule has 0 aliphatic carbocycles. The average Bonchev–Trinajstić information content (AvgIpc) is 2.59. The van der Waals surface area contributed by atoms with Gasteiger partial charge in [0.15, 0.2) is 5.82 Å². The predicted molar refractivity (Wildman–Crippen MR) is 61.2 cm³/mol. The first-order valence-electron chi connectivity index (χ1n) is 4.61. The molecule has 1 amide bonds. The number of H-pyrrole nitrogens is 1. The Balaban J connectivity index is 2.18. The van der Waals surface area contributed by atoms with Crippen molar-refractivity contribution in [2.45, 2.75) is 6.92 Å². The summed E-state index contributed by atoms with van der Waals surface area (Å²) < 4.78 is 4.88. The van der Waals surface area contributed by atoms with Crippen LogP contribution in [0, 0.1) is 6.92 Å². The molecular formula is C9H15N3O2S. The molecule has 1 heterocycles. The van der Waals surface area contributed by atoms with Crippen molar-refractivity contribution in [3.63, 3.8) is 0 Å². The van der Waals surface area contributed by atoms with Crippen molar-refractivity contribution >= 4 is 23.5 Å². The molecule has 0 aromatic carbocycles. The Kier molecular flexibility index (Phi) is 5.20.